The number of rotatable bonds is 7. The molecule has 1 amide bonds. The zero-order chi connectivity index (χ0) is 17.5. The van der Waals surface area contributed by atoms with Crippen LogP contribution in [0, 0.1) is 0 Å². The molecule has 1 aliphatic rings. The van der Waals surface area contributed by atoms with Crippen LogP contribution >= 0.6 is 0 Å². The second-order valence-corrected chi connectivity index (χ2v) is 6.53. The predicted octanol–water partition coefficient (Wildman–Crippen LogP) is 2.87. The maximum absolute atomic E-state index is 12.5. The van der Waals surface area contributed by atoms with E-state index in [0.717, 1.165) is 44.6 Å². The highest BCUT2D eigenvalue weighted by molar-refractivity contribution is 5.77. The van der Waals surface area contributed by atoms with Gasteiger partial charge in [0.1, 0.15) is 12.4 Å². The molecule has 5 nitrogen and oxygen atoms in total. The van der Waals surface area contributed by atoms with Gasteiger partial charge in [0.2, 0.25) is 5.91 Å². The number of benzene rings is 1. The number of amides is 1. The molecule has 1 aromatic heterocycles. The molecule has 1 saturated heterocycles. The van der Waals surface area contributed by atoms with E-state index in [0.29, 0.717) is 12.6 Å². The SMILES string of the molecule is CCc1nccn1[C@@H]1CCCN(C(=O)COCCc2ccccc2)C1. The Balaban J connectivity index is 1.45. The molecule has 0 N–H and O–H groups in total. The van der Waals surface area contributed by atoms with Gasteiger partial charge in [-0.15, -0.1) is 0 Å². The third-order valence-electron chi connectivity index (χ3n) is 4.81. The van der Waals surface area contributed by atoms with Crippen LogP contribution in [0.3, 0.4) is 0 Å². The number of carbonyl (C=O) groups is 1. The van der Waals surface area contributed by atoms with Gasteiger partial charge in [-0.05, 0) is 24.8 Å². The number of hydrogen-bond donors (Lipinski definition) is 0. The van der Waals surface area contributed by atoms with E-state index in [1.54, 1.807) is 0 Å². The van der Waals surface area contributed by atoms with Gasteiger partial charge < -0.3 is 14.2 Å². The molecule has 0 bridgehead atoms. The lowest BCUT2D eigenvalue weighted by Crippen LogP contribution is -2.42. The molecule has 0 aliphatic carbocycles. The Morgan fingerprint density at radius 2 is 2.16 bits per heavy atom. The molecule has 1 atom stereocenters. The number of hydrogen-bond acceptors (Lipinski definition) is 3. The lowest BCUT2D eigenvalue weighted by atomic mass is 10.1. The number of carbonyl (C=O) groups excluding carboxylic acids is 1. The number of aromatic nitrogens is 2. The van der Waals surface area contributed by atoms with Gasteiger partial charge in [-0.2, -0.15) is 0 Å². The highest BCUT2D eigenvalue weighted by Gasteiger charge is 2.25. The van der Waals surface area contributed by atoms with Crippen molar-refractivity contribution < 1.29 is 9.53 Å². The Labute approximate surface area is 149 Å². The number of imidazole rings is 1. The average molecular weight is 341 g/mol. The Kier molecular flexibility index (Phi) is 6.23. The third kappa shape index (κ3) is 4.69. The van der Waals surface area contributed by atoms with Gasteiger partial charge in [-0.1, -0.05) is 37.3 Å². The summed E-state index contributed by atoms with van der Waals surface area (Å²) >= 11 is 0. The first-order valence-electron chi connectivity index (χ1n) is 9.19. The zero-order valence-electron chi connectivity index (χ0n) is 14.9. The monoisotopic (exact) mass is 341 g/mol. The van der Waals surface area contributed by atoms with Crippen LogP contribution < -0.4 is 0 Å². The molecular formula is C20H27N3O2. The smallest absolute Gasteiger partial charge is 0.248 e. The number of likely N-dealkylation sites (tertiary alicyclic amines) is 1. The number of ether oxygens (including phenoxy) is 1. The molecule has 3 rings (SSSR count). The lowest BCUT2D eigenvalue weighted by Gasteiger charge is -2.34. The first kappa shape index (κ1) is 17.7. The van der Waals surface area contributed by atoms with Crippen molar-refractivity contribution in [2.75, 3.05) is 26.3 Å². The van der Waals surface area contributed by atoms with Gasteiger partial charge in [0.25, 0.3) is 0 Å². The fourth-order valence-electron chi connectivity index (χ4n) is 3.44. The summed E-state index contributed by atoms with van der Waals surface area (Å²) in [4.78, 5) is 18.8. The molecule has 5 heteroatoms. The molecule has 0 spiro atoms. The van der Waals surface area contributed by atoms with Crippen LogP contribution in [0.1, 0.15) is 37.2 Å². The molecule has 1 aliphatic heterocycles. The van der Waals surface area contributed by atoms with Crippen LogP contribution in [0.4, 0.5) is 0 Å². The Morgan fingerprint density at radius 1 is 1.32 bits per heavy atom. The van der Waals surface area contributed by atoms with Crippen molar-refractivity contribution in [1.82, 2.24) is 14.5 Å². The van der Waals surface area contributed by atoms with Crippen molar-refractivity contribution in [3.05, 3.63) is 54.1 Å². The van der Waals surface area contributed by atoms with E-state index >= 15 is 0 Å². The molecule has 1 fully saturated rings. The molecular weight excluding hydrogens is 314 g/mol. The van der Waals surface area contributed by atoms with E-state index in [9.17, 15) is 4.79 Å². The van der Waals surface area contributed by atoms with E-state index < -0.39 is 0 Å². The maximum atomic E-state index is 12.5. The second kappa shape index (κ2) is 8.81. The van der Waals surface area contributed by atoms with E-state index in [-0.39, 0.29) is 12.5 Å². The quantitative estimate of drug-likeness (QED) is 0.728. The van der Waals surface area contributed by atoms with Gasteiger partial charge in [0, 0.05) is 31.9 Å². The average Bonchev–Trinajstić information content (AvgIpc) is 3.15. The van der Waals surface area contributed by atoms with Crippen LogP contribution in [-0.4, -0.2) is 46.7 Å². The summed E-state index contributed by atoms with van der Waals surface area (Å²) in [6.45, 7) is 4.45. The van der Waals surface area contributed by atoms with E-state index in [2.05, 4.69) is 28.6 Å². The van der Waals surface area contributed by atoms with Gasteiger partial charge in [0.15, 0.2) is 0 Å². The zero-order valence-corrected chi connectivity index (χ0v) is 14.9. The minimum atomic E-state index is 0.0934. The van der Waals surface area contributed by atoms with Crippen molar-refractivity contribution in [3.63, 3.8) is 0 Å². The van der Waals surface area contributed by atoms with Crippen molar-refractivity contribution in [1.29, 1.82) is 0 Å². The Hall–Kier alpha value is -2.14. The highest BCUT2D eigenvalue weighted by atomic mass is 16.5. The lowest BCUT2D eigenvalue weighted by molar-refractivity contribution is -0.137. The topological polar surface area (TPSA) is 47.4 Å². The van der Waals surface area contributed by atoms with Gasteiger partial charge >= 0.3 is 0 Å². The van der Waals surface area contributed by atoms with E-state index in [1.165, 1.54) is 5.56 Å². The number of aryl methyl sites for hydroxylation is 1. The third-order valence-corrected chi connectivity index (χ3v) is 4.81. The van der Waals surface area contributed by atoms with Crippen LogP contribution in [-0.2, 0) is 22.4 Å². The fraction of sp³-hybridized carbons (Fsp3) is 0.500. The molecule has 1 aromatic carbocycles. The van der Waals surface area contributed by atoms with Crippen LogP contribution in [0.5, 0.6) is 0 Å². The van der Waals surface area contributed by atoms with Gasteiger partial charge in [-0.3, -0.25) is 4.79 Å². The van der Waals surface area contributed by atoms with Crippen molar-refractivity contribution in [2.45, 2.75) is 38.6 Å². The summed E-state index contributed by atoms with van der Waals surface area (Å²) in [6, 6.07) is 10.5. The predicted molar refractivity (Wildman–Crippen MR) is 97.4 cm³/mol. The first-order valence-corrected chi connectivity index (χ1v) is 9.19. The Bertz CT molecular complexity index is 669. The highest BCUT2D eigenvalue weighted by Crippen LogP contribution is 2.23. The number of piperidine rings is 1. The molecule has 25 heavy (non-hydrogen) atoms. The summed E-state index contributed by atoms with van der Waals surface area (Å²) in [6.07, 6.45) is 7.77. The van der Waals surface area contributed by atoms with Crippen molar-refractivity contribution in [2.24, 2.45) is 0 Å². The largest absolute Gasteiger partial charge is 0.371 e. The standard InChI is InChI=1S/C20H27N3O2/c1-2-19-21-11-13-23(19)18-9-6-12-22(15-18)20(24)16-25-14-10-17-7-4-3-5-8-17/h3-5,7-8,11,13,18H,2,6,9-10,12,14-16H2,1H3/t18-/m1/s1. The second-order valence-electron chi connectivity index (χ2n) is 6.53. The van der Waals surface area contributed by atoms with Crippen molar-refractivity contribution in [3.8, 4) is 0 Å². The Morgan fingerprint density at radius 3 is 2.96 bits per heavy atom. The summed E-state index contributed by atoms with van der Waals surface area (Å²) in [5.74, 6) is 1.19. The molecule has 134 valence electrons. The normalized spacial score (nSPS) is 17.6. The van der Waals surface area contributed by atoms with Gasteiger partial charge in [0.05, 0.1) is 12.6 Å². The minimum absolute atomic E-state index is 0.0934. The van der Waals surface area contributed by atoms with Crippen LogP contribution in [0.15, 0.2) is 42.7 Å². The molecule has 2 aromatic rings. The minimum Gasteiger partial charge on any atom is -0.371 e. The van der Waals surface area contributed by atoms with Crippen LogP contribution in [0.2, 0.25) is 0 Å². The fourth-order valence-corrected chi connectivity index (χ4v) is 3.44. The van der Waals surface area contributed by atoms with Crippen molar-refractivity contribution >= 4 is 5.91 Å². The molecule has 0 unspecified atom stereocenters. The molecule has 0 radical (unpaired) electrons. The first-order chi connectivity index (χ1) is 12.3. The van der Waals surface area contributed by atoms with Gasteiger partial charge in [-0.25, -0.2) is 4.98 Å². The summed E-state index contributed by atoms with van der Waals surface area (Å²) in [7, 11) is 0. The van der Waals surface area contributed by atoms with E-state index in [1.807, 2.05) is 35.5 Å². The van der Waals surface area contributed by atoms with Crippen LogP contribution in [0.25, 0.3) is 0 Å². The summed E-state index contributed by atoms with van der Waals surface area (Å²) < 4.78 is 7.84. The molecule has 0 saturated carbocycles. The number of nitrogens with zero attached hydrogens (tertiary/aromatic N) is 3. The summed E-state index contributed by atoms with van der Waals surface area (Å²) in [5, 5.41) is 0. The summed E-state index contributed by atoms with van der Waals surface area (Å²) in [5.41, 5.74) is 1.24. The molecule has 2 heterocycles. The van der Waals surface area contributed by atoms with E-state index in [4.69, 9.17) is 4.74 Å². The maximum Gasteiger partial charge on any atom is 0.248 e.